The predicted molar refractivity (Wildman–Crippen MR) is 109 cm³/mol. The van der Waals surface area contributed by atoms with Crippen molar-refractivity contribution in [2.75, 3.05) is 17.9 Å². The molecule has 6 nitrogen and oxygen atoms in total. The summed E-state index contributed by atoms with van der Waals surface area (Å²) in [5.74, 6) is -0.0776. The summed E-state index contributed by atoms with van der Waals surface area (Å²) in [5, 5.41) is 0. The predicted octanol–water partition coefficient (Wildman–Crippen LogP) is 3.35. The number of morpholine rings is 1. The van der Waals surface area contributed by atoms with Crippen molar-refractivity contribution < 1.29 is 17.9 Å². The van der Waals surface area contributed by atoms with Crippen LogP contribution in [-0.4, -0.2) is 44.5 Å². The van der Waals surface area contributed by atoms with Crippen molar-refractivity contribution in [3.8, 4) is 0 Å². The first-order valence-corrected chi connectivity index (χ1v) is 10.8. The smallest absolute Gasteiger partial charge is 0.261 e. The van der Waals surface area contributed by atoms with E-state index in [1.807, 2.05) is 27.7 Å². The molecule has 1 amide bonds. The van der Waals surface area contributed by atoms with Crippen LogP contribution in [-0.2, 0) is 14.8 Å². The standard InChI is InChI=1S/C21H26N2O4S/c1-14-5-10-20(11-15(14)2)28(25,26)22-19-8-6-18(7-9-19)21(24)23-12-17(4)27-13-16(23)3/h5-11,16-17,22H,12-13H2,1-4H3. The largest absolute Gasteiger partial charge is 0.375 e. The van der Waals surface area contributed by atoms with Crippen LogP contribution in [0.1, 0.15) is 35.3 Å². The van der Waals surface area contributed by atoms with Gasteiger partial charge in [-0.2, -0.15) is 0 Å². The van der Waals surface area contributed by atoms with E-state index in [-0.39, 0.29) is 22.9 Å². The lowest BCUT2D eigenvalue weighted by molar-refractivity contribution is -0.0387. The monoisotopic (exact) mass is 402 g/mol. The molecule has 1 heterocycles. The van der Waals surface area contributed by atoms with E-state index in [0.717, 1.165) is 11.1 Å². The van der Waals surface area contributed by atoms with E-state index in [1.54, 1.807) is 47.4 Å². The summed E-state index contributed by atoms with van der Waals surface area (Å²) in [4.78, 5) is 14.8. The summed E-state index contributed by atoms with van der Waals surface area (Å²) < 4.78 is 33.4. The highest BCUT2D eigenvalue weighted by molar-refractivity contribution is 7.92. The van der Waals surface area contributed by atoms with Crippen molar-refractivity contribution in [3.05, 3.63) is 59.2 Å². The second-order valence-corrected chi connectivity index (χ2v) is 9.06. The lowest BCUT2D eigenvalue weighted by atomic mass is 10.1. The maximum Gasteiger partial charge on any atom is 0.261 e. The number of benzene rings is 2. The van der Waals surface area contributed by atoms with E-state index >= 15 is 0 Å². The quantitative estimate of drug-likeness (QED) is 0.851. The summed E-state index contributed by atoms with van der Waals surface area (Å²) in [6.45, 7) is 8.77. The third-order valence-corrected chi connectivity index (χ3v) is 6.42. The van der Waals surface area contributed by atoms with Crippen molar-refractivity contribution in [1.29, 1.82) is 0 Å². The van der Waals surface area contributed by atoms with E-state index in [9.17, 15) is 13.2 Å². The van der Waals surface area contributed by atoms with Gasteiger partial charge in [-0.15, -0.1) is 0 Å². The van der Waals surface area contributed by atoms with E-state index < -0.39 is 10.0 Å². The zero-order valence-electron chi connectivity index (χ0n) is 16.6. The minimum atomic E-state index is -3.68. The Balaban J connectivity index is 1.75. The van der Waals surface area contributed by atoms with Crippen LogP contribution in [0.2, 0.25) is 0 Å². The molecule has 7 heteroatoms. The van der Waals surface area contributed by atoms with E-state index in [4.69, 9.17) is 4.74 Å². The van der Waals surface area contributed by atoms with E-state index in [0.29, 0.717) is 24.4 Å². The zero-order valence-corrected chi connectivity index (χ0v) is 17.4. The van der Waals surface area contributed by atoms with Gasteiger partial charge in [0, 0.05) is 17.8 Å². The van der Waals surface area contributed by atoms with Crippen LogP contribution in [0.3, 0.4) is 0 Å². The SMILES string of the molecule is Cc1ccc(S(=O)(=O)Nc2ccc(C(=O)N3CC(C)OCC3C)cc2)cc1C. The van der Waals surface area contributed by atoms with Gasteiger partial charge in [0.15, 0.2) is 0 Å². The normalized spacial score (nSPS) is 20.1. The topological polar surface area (TPSA) is 75.7 Å². The highest BCUT2D eigenvalue weighted by Crippen LogP contribution is 2.21. The molecule has 1 N–H and O–H groups in total. The first-order valence-electron chi connectivity index (χ1n) is 9.30. The average molecular weight is 403 g/mol. The highest BCUT2D eigenvalue weighted by Gasteiger charge is 2.28. The maximum absolute atomic E-state index is 12.8. The molecule has 2 aromatic rings. The van der Waals surface area contributed by atoms with Gasteiger partial charge >= 0.3 is 0 Å². The summed E-state index contributed by atoms with van der Waals surface area (Å²) in [7, 11) is -3.68. The van der Waals surface area contributed by atoms with Crippen molar-refractivity contribution in [2.24, 2.45) is 0 Å². The van der Waals surface area contributed by atoms with Gasteiger partial charge in [0.25, 0.3) is 15.9 Å². The number of nitrogens with one attached hydrogen (secondary N) is 1. The molecule has 2 atom stereocenters. The molecule has 1 aliphatic heterocycles. The number of hydrogen-bond acceptors (Lipinski definition) is 4. The Hall–Kier alpha value is -2.38. The van der Waals surface area contributed by atoms with Gasteiger partial charge in [0.2, 0.25) is 0 Å². The lowest BCUT2D eigenvalue weighted by Gasteiger charge is -2.36. The molecule has 1 fully saturated rings. The fourth-order valence-electron chi connectivity index (χ4n) is 3.13. The molecule has 1 saturated heterocycles. The minimum absolute atomic E-state index is 0.00389. The number of anilines is 1. The Morgan fingerprint density at radius 1 is 1.07 bits per heavy atom. The van der Waals surface area contributed by atoms with Gasteiger partial charge in [-0.3, -0.25) is 9.52 Å². The van der Waals surface area contributed by atoms with E-state index in [2.05, 4.69) is 4.72 Å². The molecule has 0 bridgehead atoms. The van der Waals surface area contributed by atoms with Crippen molar-refractivity contribution >= 4 is 21.6 Å². The maximum atomic E-state index is 12.8. The summed E-state index contributed by atoms with van der Waals surface area (Å²) in [5.41, 5.74) is 2.89. The summed E-state index contributed by atoms with van der Waals surface area (Å²) >= 11 is 0. The molecule has 0 aromatic heterocycles. The lowest BCUT2D eigenvalue weighted by Crippen LogP contribution is -2.50. The number of rotatable bonds is 4. The second kappa shape index (κ2) is 7.93. The van der Waals surface area contributed by atoms with Crippen LogP contribution < -0.4 is 4.72 Å². The van der Waals surface area contributed by atoms with Gasteiger partial charge in [0.05, 0.1) is 23.6 Å². The Kier molecular flexibility index (Phi) is 5.76. The molecule has 0 saturated carbocycles. The molecule has 0 aliphatic carbocycles. The Morgan fingerprint density at radius 2 is 1.75 bits per heavy atom. The third-order valence-electron chi connectivity index (χ3n) is 5.04. The van der Waals surface area contributed by atoms with Gasteiger partial charge < -0.3 is 9.64 Å². The molecule has 28 heavy (non-hydrogen) atoms. The number of hydrogen-bond donors (Lipinski definition) is 1. The van der Waals surface area contributed by atoms with Gasteiger partial charge in [-0.25, -0.2) is 8.42 Å². The van der Waals surface area contributed by atoms with Crippen LogP contribution in [0.15, 0.2) is 47.4 Å². The number of amides is 1. The van der Waals surface area contributed by atoms with Crippen LogP contribution in [0.25, 0.3) is 0 Å². The Morgan fingerprint density at radius 3 is 2.39 bits per heavy atom. The number of ether oxygens (including phenoxy) is 1. The van der Waals surface area contributed by atoms with Gasteiger partial charge in [0.1, 0.15) is 0 Å². The van der Waals surface area contributed by atoms with Crippen molar-refractivity contribution in [2.45, 2.75) is 44.7 Å². The van der Waals surface area contributed by atoms with Crippen molar-refractivity contribution in [3.63, 3.8) is 0 Å². The number of sulfonamides is 1. The molecule has 2 aromatic carbocycles. The van der Waals surface area contributed by atoms with Crippen LogP contribution in [0, 0.1) is 13.8 Å². The molecule has 2 unspecified atom stereocenters. The minimum Gasteiger partial charge on any atom is -0.375 e. The molecule has 1 aliphatic rings. The Bertz CT molecular complexity index is 970. The fraction of sp³-hybridized carbons (Fsp3) is 0.381. The number of nitrogens with zero attached hydrogens (tertiary/aromatic N) is 1. The Labute approximate surface area is 166 Å². The molecular weight excluding hydrogens is 376 g/mol. The molecule has 0 spiro atoms. The molecule has 0 radical (unpaired) electrons. The average Bonchev–Trinajstić information content (AvgIpc) is 2.65. The zero-order chi connectivity index (χ0) is 20.5. The van der Waals surface area contributed by atoms with Crippen LogP contribution in [0.4, 0.5) is 5.69 Å². The number of carbonyl (C=O) groups is 1. The summed E-state index contributed by atoms with van der Waals surface area (Å²) in [6.07, 6.45) is 0.00389. The first-order chi connectivity index (χ1) is 13.2. The first kappa shape index (κ1) is 20.4. The van der Waals surface area contributed by atoms with E-state index in [1.165, 1.54) is 0 Å². The van der Waals surface area contributed by atoms with Gasteiger partial charge in [-0.1, -0.05) is 6.07 Å². The molecule has 150 valence electrons. The van der Waals surface area contributed by atoms with Gasteiger partial charge in [-0.05, 0) is 75.2 Å². The van der Waals surface area contributed by atoms with Crippen LogP contribution in [0.5, 0.6) is 0 Å². The molecular formula is C21H26N2O4S. The summed E-state index contributed by atoms with van der Waals surface area (Å²) in [6, 6.07) is 11.5. The fourth-order valence-corrected chi connectivity index (χ4v) is 4.27. The molecule has 3 rings (SSSR count). The third kappa shape index (κ3) is 4.36. The highest BCUT2D eigenvalue weighted by atomic mass is 32.2. The van der Waals surface area contributed by atoms with Crippen molar-refractivity contribution in [1.82, 2.24) is 4.90 Å². The second-order valence-electron chi connectivity index (χ2n) is 7.38. The van der Waals surface area contributed by atoms with Crippen LogP contribution >= 0.6 is 0 Å². The number of carbonyl (C=O) groups excluding carboxylic acids is 1. The number of aryl methyl sites for hydroxylation is 2.